The maximum absolute atomic E-state index is 13.0. The lowest BCUT2D eigenvalue weighted by atomic mass is 10.1. The van der Waals surface area contributed by atoms with Crippen LogP contribution < -0.4 is 10.9 Å². The number of hydrogen-bond acceptors (Lipinski definition) is 3. The van der Waals surface area contributed by atoms with Gasteiger partial charge in [0.15, 0.2) is 0 Å². The Kier molecular flexibility index (Phi) is 6.51. The molecule has 0 unspecified atom stereocenters. The lowest BCUT2D eigenvalue weighted by molar-refractivity contribution is 0.0847. The molecular formula is C21H11Cl5N4O2. The van der Waals surface area contributed by atoms with Crippen LogP contribution in [0.25, 0.3) is 22.4 Å². The minimum Gasteiger partial charge on any atom is -0.338 e. The van der Waals surface area contributed by atoms with Crippen LogP contribution in [0.2, 0.25) is 25.1 Å². The van der Waals surface area contributed by atoms with E-state index in [1.165, 1.54) is 12.1 Å². The number of aromatic amines is 1. The van der Waals surface area contributed by atoms with Crippen molar-refractivity contribution < 1.29 is 9.59 Å². The fourth-order valence-corrected chi connectivity index (χ4v) is 4.14. The number of aromatic nitrogens is 2. The number of fused-ring (bicyclic) bond motifs is 1. The summed E-state index contributed by atoms with van der Waals surface area (Å²) in [5.41, 5.74) is 6.29. The number of carbonyl (C=O) groups is 2. The first-order chi connectivity index (χ1) is 15.3. The summed E-state index contributed by atoms with van der Waals surface area (Å²) in [4.78, 5) is 32.9. The van der Waals surface area contributed by atoms with Crippen molar-refractivity contribution in [1.82, 2.24) is 20.8 Å². The van der Waals surface area contributed by atoms with Gasteiger partial charge in [-0.15, -0.1) is 0 Å². The number of benzene rings is 3. The molecule has 32 heavy (non-hydrogen) atoms. The van der Waals surface area contributed by atoms with Gasteiger partial charge >= 0.3 is 0 Å². The van der Waals surface area contributed by atoms with E-state index in [2.05, 4.69) is 20.8 Å². The second-order valence-electron chi connectivity index (χ2n) is 6.52. The van der Waals surface area contributed by atoms with Crippen molar-refractivity contribution in [3.05, 3.63) is 84.8 Å². The third-order valence-electron chi connectivity index (χ3n) is 4.52. The molecule has 0 spiro atoms. The smallest absolute Gasteiger partial charge is 0.272 e. The predicted molar refractivity (Wildman–Crippen MR) is 128 cm³/mol. The van der Waals surface area contributed by atoms with Crippen LogP contribution in [0.15, 0.2) is 48.5 Å². The molecule has 0 aliphatic carbocycles. The Morgan fingerprint density at radius 1 is 0.750 bits per heavy atom. The van der Waals surface area contributed by atoms with Crippen LogP contribution in [-0.2, 0) is 0 Å². The summed E-state index contributed by atoms with van der Waals surface area (Å²) in [5.74, 6) is -1.08. The van der Waals surface area contributed by atoms with E-state index in [-0.39, 0.29) is 42.6 Å². The molecule has 0 fully saturated rings. The zero-order valence-electron chi connectivity index (χ0n) is 15.8. The topological polar surface area (TPSA) is 86.9 Å². The van der Waals surface area contributed by atoms with Gasteiger partial charge in [-0.2, -0.15) is 0 Å². The number of rotatable bonds is 3. The van der Waals surface area contributed by atoms with Gasteiger partial charge in [0.2, 0.25) is 0 Å². The van der Waals surface area contributed by atoms with E-state index >= 15 is 0 Å². The molecule has 1 heterocycles. The second-order valence-corrected chi connectivity index (χ2v) is 8.47. The normalized spacial score (nSPS) is 10.9. The van der Waals surface area contributed by atoms with E-state index in [1.54, 1.807) is 18.2 Å². The number of amides is 2. The van der Waals surface area contributed by atoms with Crippen molar-refractivity contribution in [2.24, 2.45) is 0 Å². The maximum atomic E-state index is 13.0. The van der Waals surface area contributed by atoms with Gasteiger partial charge in [-0.1, -0.05) is 70.1 Å². The van der Waals surface area contributed by atoms with Crippen molar-refractivity contribution in [3.8, 4) is 11.4 Å². The summed E-state index contributed by atoms with van der Waals surface area (Å²) in [7, 11) is 0. The number of hydrogen-bond donors (Lipinski definition) is 3. The van der Waals surface area contributed by atoms with Gasteiger partial charge in [0.05, 0.1) is 42.3 Å². The molecular weight excluding hydrogens is 518 g/mol. The van der Waals surface area contributed by atoms with Gasteiger partial charge in [0.1, 0.15) is 5.82 Å². The first-order valence-corrected chi connectivity index (χ1v) is 10.8. The lowest BCUT2D eigenvalue weighted by Crippen LogP contribution is -2.42. The minimum absolute atomic E-state index is 0.0192. The monoisotopic (exact) mass is 526 g/mol. The van der Waals surface area contributed by atoms with Crippen LogP contribution in [0.1, 0.15) is 20.7 Å². The molecule has 162 valence electrons. The Morgan fingerprint density at radius 3 is 2.06 bits per heavy atom. The van der Waals surface area contributed by atoms with Gasteiger partial charge in [0, 0.05) is 10.6 Å². The molecule has 0 atom stereocenters. The fraction of sp³-hybridized carbons (Fsp3) is 0. The first kappa shape index (κ1) is 22.7. The Morgan fingerprint density at radius 2 is 1.38 bits per heavy atom. The third-order valence-corrected chi connectivity index (χ3v) is 6.57. The summed E-state index contributed by atoms with van der Waals surface area (Å²) in [6.45, 7) is 0. The van der Waals surface area contributed by atoms with E-state index in [1.807, 2.05) is 18.2 Å². The van der Waals surface area contributed by atoms with Crippen LogP contribution in [0, 0.1) is 0 Å². The number of nitrogens with zero attached hydrogens (tertiary/aromatic N) is 1. The van der Waals surface area contributed by atoms with Gasteiger partial charge in [-0.3, -0.25) is 20.4 Å². The standard InChI is InChI=1S/C21H11Cl5N4O2/c22-10-7-5-9(6-8-10)20(31)29-30-21(32)14-13(15(23)17(25)18(26)16(14)24)19-27-11-3-1-2-4-12(11)28-19/h1-8H,(H,27,28)(H,29,31)(H,30,32). The molecule has 11 heteroatoms. The minimum atomic E-state index is -0.770. The van der Waals surface area contributed by atoms with Crippen molar-refractivity contribution in [3.63, 3.8) is 0 Å². The third kappa shape index (κ3) is 4.25. The number of hydrazine groups is 1. The van der Waals surface area contributed by atoms with Crippen LogP contribution in [0.5, 0.6) is 0 Å². The molecule has 0 saturated heterocycles. The summed E-state index contributed by atoms with van der Waals surface area (Å²) in [5, 5.41) is 0.172. The van der Waals surface area contributed by atoms with Crippen LogP contribution in [0.4, 0.5) is 0 Å². The van der Waals surface area contributed by atoms with Crippen molar-refractivity contribution >= 4 is 80.9 Å². The van der Waals surface area contributed by atoms with E-state index < -0.39 is 11.8 Å². The molecule has 3 aromatic carbocycles. The summed E-state index contributed by atoms with van der Waals surface area (Å²) >= 11 is 31.0. The highest BCUT2D eigenvalue weighted by molar-refractivity contribution is 6.54. The van der Waals surface area contributed by atoms with E-state index in [4.69, 9.17) is 58.0 Å². The largest absolute Gasteiger partial charge is 0.338 e. The van der Waals surface area contributed by atoms with Crippen molar-refractivity contribution in [2.75, 3.05) is 0 Å². The quantitative estimate of drug-likeness (QED) is 0.160. The zero-order chi connectivity index (χ0) is 23.0. The molecule has 0 aliphatic rings. The molecule has 0 bridgehead atoms. The molecule has 1 aromatic heterocycles. The number of nitrogens with one attached hydrogen (secondary N) is 3. The van der Waals surface area contributed by atoms with Gasteiger partial charge in [-0.05, 0) is 36.4 Å². The lowest BCUT2D eigenvalue weighted by Gasteiger charge is -2.15. The average Bonchev–Trinajstić information content (AvgIpc) is 3.22. The Bertz CT molecular complexity index is 1340. The summed E-state index contributed by atoms with van der Waals surface area (Å²) in [6, 6.07) is 13.4. The Labute approximate surface area is 206 Å². The van der Waals surface area contributed by atoms with Gasteiger partial charge in [-0.25, -0.2) is 4.98 Å². The number of H-pyrrole nitrogens is 1. The van der Waals surface area contributed by atoms with Crippen LogP contribution in [-0.4, -0.2) is 21.8 Å². The number of carbonyl (C=O) groups excluding carboxylic acids is 2. The van der Waals surface area contributed by atoms with Gasteiger partial charge in [0.25, 0.3) is 11.8 Å². The van der Waals surface area contributed by atoms with Crippen molar-refractivity contribution in [2.45, 2.75) is 0 Å². The molecule has 6 nitrogen and oxygen atoms in total. The van der Waals surface area contributed by atoms with Crippen LogP contribution >= 0.6 is 58.0 Å². The average molecular weight is 529 g/mol. The summed E-state index contributed by atoms with van der Waals surface area (Å²) in [6.07, 6.45) is 0. The van der Waals surface area contributed by atoms with Crippen LogP contribution in [0.3, 0.4) is 0 Å². The van der Waals surface area contributed by atoms with Gasteiger partial charge < -0.3 is 4.98 Å². The Hall–Kier alpha value is -2.48. The highest BCUT2D eigenvalue weighted by Gasteiger charge is 2.28. The highest BCUT2D eigenvalue weighted by Crippen LogP contribution is 2.45. The molecule has 0 radical (unpaired) electrons. The molecule has 0 saturated carbocycles. The first-order valence-electron chi connectivity index (χ1n) is 8.95. The maximum Gasteiger partial charge on any atom is 0.272 e. The number of para-hydroxylation sites is 2. The Balaban J connectivity index is 1.73. The second kappa shape index (κ2) is 9.17. The fourth-order valence-electron chi connectivity index (χ4n) is 2.99. The number of imidazole rings is 1. The highest BCUT2D eigenvalue weighted by atomic mass is 35.5. The predicted octanol–water partition coefficient (Wildman–Crippen LogP) is 6.57. The van der Waals surface area contributed by atoms with E-state index in [0.717, 1.165) is 0 Å². The SMILES string of the molecule is O=C(NNC(=O)c1c(Cl)c(Cl)c(Cl)c(Cl)c1-c1nc2ccccc2[nH]1)c1ccc(Cl)cc1. The van der Waals surface area contributed by atoms with E-state index in [0.29, 0.717) is 16.1 Å². The molecule has 4 aromatic rings. The molecule has 2 amide bonds. The van der Waals surface area contributed by atoms with E-state index in [9.17, 15) is 9.59 Å². The molecule has 0 aliphatic heterocycles. The molecule has 3 N–H and O–H groups in total. The summed E-state index contributed by atoms with van der Waals surface area (Å²) < 4.78 is 0. The number of halogens is 5. The van der Waals surface area contributed by atoms with Crippen molar-refractivity contribution in [1.29, 1.82) is 0 Å². The zero-order valence-corrected chi connectivity index (χ0v) is 19.6. The molecule has 4 rings (SSSR count).